The highest BCUT2D eigenvalue weighted by atomic mass is 16.6. The van der Waals surface area contributed by atoms with Crippen LogP contribution in [-0.4, -0.2) is 59.1 Å². The summed E-state index contributed by atoms with van der Waals surface area (Å²) in [4.78, 5) is 26.1. The summed E-state index contributed by atoms with van der Waals surface area (Å²) in [6, 6.07) is -0.192. The Morgan fingerprint density at radius 3 is 2.64 bits per heavy atom. The SMILES string of the molecule is CCCCOC(=O)N1C[C@@](CO)(NC(=O)OC(C)(C)C)CC=C[C@@H]1C. The van der Waals surface area contributed by atoms with Gasteiger partial charge in [0, 0.05) is 0 Å². The third-order valence-corrected chi connectivity index (χ3v) is 3.91. The highest BCUT2D eigenvalue weighted by molar-refractivity contribution is 5.71. The maximum Gasteiger partial charge on any atom is 0.410 e. The first kappa shape index (κ1) is 21.3. The molecule has 144 valence electrons. The molecule has 1 heterocycles. The molecule has 1 aliphatic rings. The fourth-order valence-corrected chi connectivity index (χ4v) is 2.51. The summed E-state index contributed by atoms with van der Waals surface area (Å²) in [6.07, 6.45) is 4.79. The van der Waals surface area contributed by atoms with Gasteiger partial charge in [-0.3, -0.25) is 4.90 Å². The molecule has 0 aliphatic carbocycles. The Morgan fingerprint density at radius 1 is 1.40 bits per heavy atom. The number of amides is 2. The van der Waals surface area contributed by atoms with Crippen molar-refractivity contribution in [2.75, 3.05) is 19.8 Å². The fourth-order valence-electron chi connectivity index (χ4n) is 2.51. The standard InChI is InChI=1S/C18H32N2O5/c1-6-7-11-24-16(23)20-12-18(13-21,10-8-9-14(20)2)19-15(22)25-17(3,4)5/h8-9,14,21H,6-7,10-13H2,1-5H3,(H,19,22)/t14-,18-/m0/s1. The van der Waals surface area contributed by atoms with Gasteiger partial charge in [-0.1, -0.05) is 25.5 Å². The highest BCUT2D eigenvalue weighted by Crippen LogP contribution is 2.22. The first-order chi connectivity index (χ1) is 11.6. The topological polar surface area (TPSA) is 88.1 Å². The molecule has 0 fully saturated rings. The monoisotopic (exact) mass is 356 g/mol. The van der Waals surface area contributed by atoms with Crippen LogP contribution in [0.1, 0.15) is 53.9 Å². The number of unbranched alkanes of at least 4 members (excludes halogenated alkanes) is 1. The Kier molecular flexibility index (Phi) is 7.73. The van der Waals surface area contributed by atoms with Gasteiger partial charge in [0.2, 0.25) is 0 Å². The van der Waals surface area contributed by atoms with Gasteiger partial charge in [0.05, 0.1) is 31.3 Å². The molecule has 0 unspecified atom stereocenters. The zero-order valence-corrected chi connectivity index (χ0v) is 16.0. The van der Waals surface area contributed by atoms with Gasteiger partial charge < -0.3 is 19.9 Å². The third kappa shape index (κ3) is 6.94. The van der Waals surface area contributed by atoms with Gasteiger partial charge in [-0.05, 0) is 40.5 Å². The number of nitrogens with zero attached hydrogens (tertiary/aromatic N) is 1. The van der Waals surface area contributed by atoms with E-state index in [0.717, 1.165) is 12.8 Å². The normalized spacial score (nSPS) is 23.8. The number of carbonyl (C=O) groups excluding carboxylic acids is 2. The van der Waals surface area contributed by atoms with E-state index in [-0.39, 0.29) is 19.2 Å². The molecule has 0 radical (unpaired) electrons. The van der Waals surface area contributed by atoms with Gasteiger partial charge >= 0.3 is 12.2 Å². The van der Waals surface area contributed by atoms with Crippen LogP contribution < -0.4 is 5.32 Å². The summed E-state index contributed by atoms with van der Waals surface area (Å²) in [7, 11) is 0. The minimum atomic E-state index is -1.01. The van der Waals surface area contributed by atoms with E-state index in [1.807, 2.05) is 26.0 Å². The molecule has 0 bridgehead atoms. The first-order valence-corrected chi connectivity index (χ1v) is 8.84. The van der Waals surface area contributed by atoms with Crippen LogP contribution in [0, 0.1) is 0 Å². The van der Waals surface area contributed by atoms with Crippen molar-refractivity contribution in [1.29, 1.82) is 0 Å². The molecule has 1 aliphatic heterocycles. The molecule has 7 heteroatoms. The molecule has 0 aromatic rings. The van der Waals surface area contributed by atoms with Crippen LogP contribution in [-0.2, 0) is 9.47 Å². The van der Waals surface area contributed by atoms with E-state index in [1.54, 1.807) is 20.8 Å². The Morgan fingerprint density at radius 2 is 2.08 bits per heavy atom. The average Bonchev–Trinajstić information content (AvgIpc) is 2.65. The summed E-state index contributed by atoms with van der Waals surface area (Å²) in [6.45, 7) is 9.38. The smallest absolute Gasteiger partial charge is 0.410 e. The summed E-state index contributed by atoms with van der Waals surface area (Å²) in [5, 5.41) is 12.7. The number of carbonyl (C=O) groups is 2. The van der Waals surface area contributed by atoms with Gasteiger partial charge in [0.15, 0.2) is 0 Å². The van der Waals surface area contributed by atoms with E-state index in [2.05, 4.69) is 5.32 Å². The van der Waals surface area contributed by atoms with Gasteiger partial charge in [-0.25, -0.2) is 9.59 Å². The molecule has 25 heavy (non-hydrogen) atoms. The summed E-state index contributed by atoms with van der Waals surface area (Å²) in [5.41, 5.74) is -1.65. The maximum atomic E-state index is 12.4. The fraction of sp³-hybridized carbons (Fsp3) is 0.778. The molecule has 0 aromatic carbocycles. The Balaban J connectivity index is 2.87. The van der Waals surface area contributed by atoms with E-state index in [1.165, 1.54) is 4.90 Å². The highest BCUT2D eigenvalue weighted by Gasteiger charge is 2.38. The zero-order valence-electron chi connectivity index (χ0n) is 16.0. The number of ether oxygens (including phenoxy) is 2. The lowest BCUT2D eigenvalue weighted by Gasteiger charge is -2.37. The molecule has 0 aromatic heterocycles. The van der Waals surface area contributed by atoms with E-state index >= 15 is 0 Å². The molecule has 1 rings (SSSR count). The molecule has 0 saturated heterocycles. The lowest BCUT2D eigenvalue weighted by atomic mass is 9.96. The largest absolute Gasteiger partial charge is 0.449 e. The van der Waals surface area contributed by atoms with Crippen molar-refractivity contribution in [3.63, 3.8) is 0 Å². The quantitative estimate of drug-likeness (QED) is 0.584. The second-order valence-corrected chi connectivity index (χ2v) is 7.53. The summed E-state index contributed by atoms with van der Waals surface area (Å²) < 4.78 is 10.6. The lowest BCUT2D eigenvalue weighted by Crippen LogP contribution is -2.59. The number of hydrogen-bond donors (Lipinski definition) is 2. The van der Waals surface area contributed by atoms with Gasteiger partial charge in [-0.15, -0.1) is 0 Å². The summed E-state index contributed by atoms with van der Waals surface area (Å²) in [5.74, 6) is 0. The van der Waals surface area contributed by atoms with Gasteiger partial charge in [0.1, 0.15) is 5.60 Å². The van der Waals surface area contributed by atoms with Crippen LogP contribution in [0.2, 0.25) is 0 Å². The Bertz CT molecular complexity index is 486. The number of nitrogens with one attached hydrogen (secondary N) is 1. The van der Waals surface area contributed by atoms with E-state index in [4.69, 9.17) is 9.47 Å². The minimum Gasteiger partial charge on any atom is -0.449 e. The van der Waals surface area contributed by atoms with Crippen molar-refractivity contribution in [2.24, 2.45) is 0 Å². The van der Waals surface area contributed by atoms with Crippen molar-refractivity contribution in [2.45, 2.75) is 71.1 Å². The van der Waals surface area contributed by atoms with Crippen molar-refractivity contribution < 1.29 is 24.2 Å². The van der Waals surface area contributed by atoms with E-state index in [0.29, 0.717) is 13.0 Å². The minimum absolute atomic E-state index is 0.141. The van der Waals surface area contributed by atoms with Crippen LogP contribution in [0.25, 0.3) is 0 Å². The molecule has 2 amide bonds. The predicted octanol–water partition coefficient (Wildman–Crippen LogP) is 2.83. The molecule has 7 nitrogen and oxygen atoms in total. The van der Waals surface area contributed by atoms with Crippen LogP contribution in [0.4, 0.5) is 9.59 Å². The summed E-state index contributed by atoms with van der Waals surface area (Å²) >= 11 is 0. The van der Waals surface area contributed by atoms with Crippen molar-refractivity contribution in [3.05, 3.63) is 12.2 Å². The maximum absolute atomic E-state index is 12.4. The third-order valence-electron chi connectivity index (χ3n) is 3.91. The molecular weight excluding hydrogens is 324 g/mol. The Labute approximate surface area is 150 Å². The number of hydrogen-bond acceptors (Lipinski definition) is 5. The predicted molar refractivity (Wildman–Crippen MR) is 95.4 cm³/mol. The first-order valence-electron chi connectivity index (χ1n) is 8.84. The molecule has 2 atom stereocenters. The van der Waals surface area contributed by atoms with Crippen LogP contribution in [0.5, 0.6) is 0 Å². The van der Waals surface area contributed by atoms with Crippen LogP contribution in [0.3, 0.4) is 0 Å². The molecule has 0 saturated carbocycles. The van der Waals surface area contributed by atoms with Gasteiger partial charge in [-0.2, -0.15) is 0 Å². The number of aliphatic hydroxyl groups is 1. The molecular formula is C18H32N2O5. The Hall–Kier alpha value is -1.76. The number of alkyl carbamates (subject to hydrolysis) is 1. The zero-order chi connectivity index (χ0) is 19.1. The van der Waals surface area contributed by atoms with E-state index < -0.39 is 23.3 Å². The second-order valence-electron chi connectivity index (χ2n) is 7.53. The molecule has 2 N–H and O–H groups in total. The van der Waals surface area contributed by atoms with Gasteiger partial charge in [0.25, 0.3) is 0 Å². The van der Waals surface area contributed by atoms with Crippen molar-refractivity contribution >= 4 is 12.2 Å². The lowest BCUT2D eigenvalue weighted by molar-refractivity contribution is 0.0310. The number of aliphatic hydroxyl groups excluding tert-OH is 1. The average molecular weight is 356 g/mol. The molecule has 0 spiro atoms. The second kappa shape index (κ2) is 9.08. The van der Waals surface area contributed by atoms with Crippen LogP contribution >= 0.6 is 0 Å². The van der Waals surface area contributed by atoms with Crippen LogP contribution in [0.15, 0.2) is 12.2 Å². The number of rotatable bonds is 5. The van der Waals surface area contributed by atoms with Crippen molar-refractivity contribution in [1.82, 2.24) is 10.2 Å². The van der Waals surface area contributed by atoms with E-state index in [9.17, 15) is 14.7 Å². The van der Waals surface area contributed by atoms with Crippen molar-refractivity contribution in [3.8, 4) is 0 Å².